The van der Waals surface area contributed by atoms with E-state index in [2.05, 4.69) is 13.1 Å². The zero-order valence-corrected chi connectivity index (χ0v) is 13.7. The number of hydrogen-bond donors (Lipinski definition) is 1. The Morgan fingerprint density at radius 1 is 1.00 bits per heavy atom. The Morgan fingerprint density at radius 2 is 1.86 bits per heavy atom. The Morgan fingerprint density at radius 3 is 2.76 bits per heavy atom. The number of quaternary nitrogens is 1. The van der Waals surface area contributed by atoms with Crippen molar-refractivity contribution in [1.82, 2.24) is 0 Å². The monoisotopic (exact) mass is 290 g/mol. The summed E-state index contributed by atoms with van der Waals surface area (Å²) in [6, 6.07) is 0. The number of fused-ring (bicyclic) bond motifs is 3. The first-order valence-corrected chi connectivity index (χ1v) is 9.49. The molecule has 2 aliphatic carbocycles. The van der Waals surface area contributed by atoms with Gasteiger partial charge in [-0.3, -0.25) is 0 Å². The highest BCUT2D eigenvalue weighted by atomic mass is 16.5. The first-order chi connectivity index (χ1) is 10.3. The molecule has 0 aromatic carbocycles. The van der Waals surface area contributed by atoms with Crippen LogP contribution in [0.1, 0.15) is 57.8 Å². The third kappa shape index (κ3) is 2.70. The van der Waals surface area contributed by atoms with Gasteiger partial charge in [0.25, 0.3) is 0 Å². The summed E-state index contributed by atoms with van der Waals surface area (Å²) in [5.74, 6) is 2.37. The molecule has 6 atom stereocenters. The van der Waals surface area contributed by atoms with Crippen molar-refractivity contribution < 1.29 is 9.64 Å². The lowest BCUT2D eigenvalue weighted by Gasteiger charge is -2.50. The lowest BCUT2D eigenvalue weighted by atomic mass is 9.66. The highest BCUT2D eigenvalue weighted by Crippen LogP contribution is 2.48. The highest BCUT2D eigenvalue weighted by Gasteiger charge is 2.46. The summed E-state index contributed by atoms with van der Waals surface area (Å²) < 4.78 is 6.79. The summed E-state index contributed by atoms with van der Waals surface area (Å²) >= 11 is 0. The van der Waals surface area contributed by atoms with Crippen LogP contribution in [-0.2, 0) is 4.74 Å². The van der Waals surface area contributed by atoms with E-state index < -0.39 is 0 Å². The molecule has 2 aliphatic heterocycles. The smallest absolute Gasteiger partial charge is 0.0822 e. The lowest BCUT2D eigenvalue weighted by molar-refractivity contribution is -0.889. The predicted octanol–water partition coefficient (Wildman–Crippen LogP) is 2.60. The number of rotatable bonds is 1. The van der Waals surface area contributed by atoms with Gasteiger partial charge in [0.15, 0.2) is 0 Å². The van der Waals surface area contributed by atoms with Crippen LogP contribution in [0, 0.1) is 17.8 Å². The molecule has 0 spiro atoms. The molecule has 21 heavy (non-hydrogen) atoms. The molecule has 0 radical (unpaired) electrons. The van der Waals surface area contributed by atoms with Crippen LogP contribution in [-0.4, -0.2) is 32.3 Å². The molecular weight excluding hydrogens is 258 g/mol. The molecule has 2 nitrogen and oxygen atoms in total. The molecule has 4 aliphatic rings. The quantitative estimate of drug-likeness (QED) is 0.733. The molecule has 2 saturated heterocycles. The van der Waals surface area contributed by atoms with Gasteiger partial charge in [-0.05, 0) is 44.9 Å². The van der Waals surface area contributed by atoms with Crippen molar-refractivity contribution in [2.45, 2.75) is 70.0 Å². The SMILES string of the molecule is C[NH+]1CCCC(C2OC3CCCCC3C3=CCCCC32)C1. The molecule has 0 aromatic heterocycles. The minimum Gasteiger partial charge on any atom is -0.373 e. The van der Waals surface area contributed by atoms with Crippen LogP contribution >= 0.6 is 0 Å². The molecule has 2 heteroatoms. The molecular formula is C19H32NO+. The van der Waals surface area contributed by atoms with Crippen molar-refractivity contribution in [1.29, 1.82) is 0 Å². The fourth-order valence-corrected chi connectivity index (χ4v) is 5.68. The van der Waals surface area contributed by atoms with Gasteiger partial charge in [-0.2, -0.15) is 0 Å². The molecule has 118 valence electrons. The molecule has 1 N–H and O–H groups in total. The van der Waals surface area contributed by atoms with Gasteiger partial charge >= 0.3 is 0 Å². The van der Waals surface area contributed by atoms with Gasteiger partial charge in [0.2, 0.25) is 0 Å². The summed E-state index contributed by atoms with van der Waals surface area (Å²) in [5.41, 5.74) is 1.84. The van der Waals surface area contributed by atoms with E-state index in [0.29, 0.717) is 12.2 Å². The van der Waals surface area contributed by atoms with Crippen LogP contribution < -0.4 is 4.90 Å². The van der Waals surface area contributed by atoms with E-state index >= 15 is 0 Å². The molecule has 2 heterocycles. The van der Waals surface area contributed by atoms with E-state index in [0.717, 1.165) is 17.8 Å². The summed E-state index contributed by atoms with van der Waals surface area (Å²) in [7, 11) is 2.37. The minimum absolute atomic E-state index is 0.547. The zero-order valence-electron chi connectivity index (χ0n) is 13.7. The van der Waals surface area contributed by atoms with Crippen molar-refractivity contribution in [2.24, 2.45) is 17.8 Å². The first-order valence-electron chi connectivity index (χ1n) is 9.49. The second-order valence-corrected chi connectivity index (χ2v) is 8.09. The maximum Gasteiger partial charge on any atom is 0.0822 e. The van der Waals surface area contributed by atoms with Gasteiger partial charge in [0.1, 0.15) is 0 Å². The standard InChI is InChI=1S/C19H31NO/c1-20-12-6-7-14(13-20)19-17-10-3-2-8-15(17)16-9-4-5-11-18(16)21-19/h8,14,16-19H,2-7,9-13H2,1H3/p+1. The van der Waals surface area contributed by atoms with Gasteiger partial charge in [-0.25, -0.2) is 0 Å². The summed E-state index contributed by atoms with van der Waals surface area (Å²) in [6.45, 7) is 2.70. The highest BCUT2D eigenvalue weighted by molar-refractivity contribution is 5.21. The van der Waals surface area contributed by atoms with Gasteiger partial charge in [-0.15, -0.1) is 0 Å². The van der Waals surface area contributed by atoms with Crippen molar-refractivity contribution in [3.63, 3.8) is 0 Å². The number of piperidine rings is 1. The number of allylic oxidation sites excluding steroid dienone is 1. The van der Waals surface area contributed by atoms with E-state index in [-0.39, 0.29) is 0 Å². The van der Waals surface area contributed by atoms with E-state index in [9.17, 15) is 0 Å². The topological polar surface area (TPSA) is 13.7 Å². The van der Waals surface area contributed by atoms with Crippen LogP contribution in [0.5, 0.6) is 0 Å². The molecule has 0 amide bonds. The summed E-state index contributed by atoms with van der Waals surface area (Å²) in [5, 5.41) is 0. The Kier molecular flexibility index (Phi) is 4.10. The van der Waals surface area contributed by atoms with Crippen molar-refractivity contribution in [3.05, 3.63) is 11.6 Å². The normalized spacial score (nSPS) is 47.2. The summed E-state index contributed by atoms with van der Waals surface area (Å²) in [6.07, 6.45) is 16.2. The van der Waals surface area contributed by atoms with Gasteiger partial charge < -0.3 is 9.64 Å². The molecule has 0 aromatic rings. The molecule has 0 bridgehead atoms. The number of nitrogens with one attached hydrogen (secondary N) is 1. The number of ether oxygens (including phenoxy) is 1. The van der Waals surface area contributed by atoms with Crippen molar-refractivity contribution >= 4 is 0 Å². The fourth-order valence-electron chi connectivity index (χ4n) is 5.68. The molecule has 3 fully saturated rings. The maximum atomic E-state index is 6.79. The van der Waals surface area contributed by atoms with Crippen LogP contribution in [0.2, 0.25) is 0 Å². The maximum absolute atomic E-state index is 6.79. The van der Waals surface area contributed by atoms with E-state index in [1.54, 1.807) is 4.90 Å². The summed E-state index contributed by atoms with van der Waals surface area (Å²) in [4.78, 5) is 1.72. The second kappa shape index (κ2) is 6.04. The van der Waals surface area contributed by atoms with Gasteiger partial charge in [0, 0.05) is 17.8 Å². The number of likely N-dealkylation sites (tertiary alicyclic amines) is 1. The van der Waals surface area contributed by atoms with Crippen LogP contribution in [0.25, 0.3) is 0 Å². The Hall–Kier alpha value is -0.340. The van der Waals surface area contributed by atoms with Crippen LogP contribution in [0.3, 0.4) is 0 Å². The van der Waals surface area contributed by atoms with Crippen LogP contribution in [0.15, 0.2) is 11.6 Å². The largest absolute Gasteiger partial charge is 0.373 e. The Balaban J connectivity index is 1.58. The molecule has 4 rings (SSSR count). The number of hydrogen-bond acceptors (Lipinski definition) is 1. The Bertz CT molecular complexity index is 404. The van der Waals surface area contributed by atoms with Crippen LogP contribution in [0.4, 0.5) is 0 Å². The van der Waals surface area contributed by atoms with Crippen molar-refractivity contribution in [2.75, 3.05) is 20.1 Å². The zero-order chi connectivity index (χ0) is 14.2. The van der Waals surface area contributed by atoms with E-state index in [4.69, 9.17) is 4.74 Å². The minimum atomic E-state index is 0.547. The lowest BCUT2D eigenvalue weighted by Crippen LogP contribution is -3.11. The van der Waals surface area contributed by atoms with E-state index in [1.807, 2.05) is 5.57 Å². The van der Waals surface area contributed by atoms with E-state index in [1.165, 1.54) is 70.9 Å². The fraction of sp³-hybridized carbons (Fsp3) is 0.895. The average molecular weight is 290 g/mol. The Labute approximate surface area is 129 Å². The third-order valence-corrected chi connectivity index (χ3v) is 6.64. The van der Waals surface area contributed by atoms with Crippen molar-refractivity contribution in [3.8, 4) is 0 Å². The van der Waals surface area contributed by atoms with Gasteiger partial charge in [0.05, 0.1) is 32.3 Å². The second-order valence-electron chi connectivity index (χ2n) is 8.09. The van der Waals surface area contributed by atoms with Gasteiger partial charge in [-0.1, -0.05) is 24.5 Å². The molecule has 1 saturated carbocycles. The predicted molar refractivity (Wildman–Crippen MR) is 85.4 cm³/mol. The first kappa shape index (κ1) is 14.3. The third-order valence-electron chi connectivity index (χ3n) is 6.64. The average Bonchev–Trinajstić information content (AvgIpc) is 2.54. The molecule has 6 unspecified atom stereocenters.